The number of nitrogens with zero attached hydrogens (tertiary/aromatic N) is 2. The number of hydrogen-bond donors (Lipinski definition) is 0. The summed E-state index contributed by atoms with van der Waals surface area (Å²) in [5.41, 5.74) is 1.24. The van der Waals surface area contributed by atoms with Crippen LogP contribution in [-0.2, 0) is 0 Å². The summed E-state index contributed by atoms with van der Waals surface area (Å²) >= 11 is 0. The van der Waals surface area contributed by atoms with Gasteiger partial charge in [0.05, 0.1) is 23.8 Å². The van der Waals surface area contributed by atoms with Crippen LogP contribution in [0.25, 0.3) is 0 Å². The Morgan fingerprint density at radius 1 is 1.38 bits per heavy atom. The van der Waals surface area contributed by atoms with E-state index in [1.807, 2.05) is 6.07 Å². The summed E-state index contributed by atoms with van der Waals surface area (Å²) in [5, 5.41) is 0. The van der Waals surface area contributed by atoms with E-state index < -0.39 is 6.17 Å². The van der Waals surface area contributed by atoms with E-state index in [1.54, 1.807) is 29.3 Å². The SMILES string of the molecule is O=C1c2ccccc2N=CC2C[C@@H](F)CN12. The molecule has 1 saturated heterocycles. The van der Waals surface area contributed by atoms with Crippen molar-refractivity contribution >= 4 is 17.8 Å². The van der Waals surface area contributed by atoms with Gasteiger partial charge in [-0.05, 0) is 12.1 Å². The molecule has 1 aromatic rings. The quantitative estimate of drug-likeness (QED) is 0.655. The maximum atomic E-state index is 13.3. The van der Waals surface area contributed by atoms with Gasteiger partial charge in [0.2, 0.25) is 0 Å². The topological polar surface area (TPSA) is 32.7 Å². The molecule has 82 valence electrons. The molecule has 2 atom stereocenters. The van der Waals surface area contributed by atoms with Crippen LogP contribution < -0.4 is 0 Å². The minimum atomic E-state index is -0.925. The predicted molar refractivity (Wildman–Crippen MR) is 58.9 cm³/mol. The molecule has 0 aliphatic carbocycles. The van der Waals surface area contributed by atoms with E-state index in [2.05, 4.69) is 4.99 Å². The number of halogens is 1. The molecule has 1 amide bonds. The number of alkyl halides is 1. The van der Waals surface area contributed by atoms with Gasteiger partial charge in [0.15, 0.2) is 0 Å². The van der Waals surface area contributed by atoms with Crippen LogP contribution in [0, 0.1) is 0 Å². The first-order valence-corrected chi connectivity index (χ1v) is 5.34. The molecule has 3 rings (SSSR count). The molecule has 1 fully saturated rings. The molecule has 0 spiro atoms. The van der Waals surface area contributed by atoms with Crippen molar-refractivity contribution in [3.8, 4) is 0 Å². The highest BCUT2D eigenvalue weighted by molar-refractivity contribution is 6.02. The first-order chi connectivity index (χ1) is 7.75. The summed E-state index contributed by atoms with van der Waals surface area (Å²) in [5.74, 6) is -0.113. The molecule has 2 aliphatic rings. The normalized spacial score (nSPS) is 27.6. The average molecular weight is 218 g/mol. The Balaban J connectivity index is 2.07. The summed E-state index contributed by atoms with van der Waals surface area (Å²) < 4.78 is 13.3. The van der Waals surface area contributed by atoms with E-state index in [0.717, 1.165) is 0 Å². The highest BCUT2D eigenvalue weighted by atomic mass is 19.1. The second-order valence-corrected chi connectivity index (χ2v) is 4.15. The van der Waals surface area contributed by atoms with Crippen molar-refractivity contribution in [3.05, 3.63) is 29.8 Å². The zero-order valence-electron chi connectivity index (χ0n) is 8.64. The molecule has 0 aromatic heterocycles. The van der Waals surface area contributed by atoms with Crippen LogP contribution in [0.15, 0.2) is 29.3 Å². The van der Waals surface area contributed by atoms with Crippen molar-refractivity contribution in [2.75, 3.05) is 6.54 Å². The maximum Gasteiger partial charge on any atom is 0.256 e. The molecule has 1 unspecified atom stereocenters. The molecule has 4 heteroatoms. The lowest BCUT2D eigenvalue weighted by molar-refractivity contribution is 0.0766. The Bertz CT molecular complexity index is 472. The van der Waals surface area contributed by atoms with Gasteiger partial charge < -0.3 is 4.90 Å². The summed E-state index contributed by atoms with van der Waals surface area (Å²) in [6.45, 7) is 0.184. The van der Waals surface area contributed by atoms with Crippen molar-refractivity contribution in [1.29, 1.82) is 0 Å². The van der Waals surface area contributed by atoms with Crippen LogP contribution in [0.1, 0.15) is 16.8 Å². The van der Waals surface area contributed by atoms with E-state index in [4.69, 9.17) is 0 Å². The lowest BCUT2D eigenvalue weighted by Gasteiger charge is -2.19. The van der Waals surface area contributed by atoms with E-state index >= 15 is 0 Å². The number of hydrogen-bond acceptors (Lipinski definition) is 2. The smallest absolute Gasteiger partial charge is 0.256 e. The lowest BCUT2D eigenvalue weighted by atomic mass is 10.1. The summed E-state index contributed by atoms with van der Waals surface area (Å²) in [7, 11) is 0. The largest absolute Gasteiger partial charge is 0.328 e. The van der Waals surface area contributed by atoms with Gasteiger partial charge in [-0.2, -0.15) is 0 Å². The maximum absolute atomic E-state index is 13.3. The Labute approximate surface area is 92.6 Å². The fourth-order valence-electron chi connectivity index (χ4n) is 2.28. The average Bonchev–Trinajstić information content (AvgIpc) is 2.62. The number of carbonyl (C=O) groups is 1. The Morgan fingerprint density at radius 2 is 2.19 bits per heavy atom. The minimum Gasteiger partial charge on any atom is -0.328 e. The molecular formula is C12H11FN2O. The fraction of sp³-hybridized carbons (Fsp3) is 0.333. The van der Waals surface area contributed by atoms with Crippen LogP contribution in [0.2, 0.25) is 0 Å². The number of fused-ring (bicyclic) bond motifs is 2. The molecular weight excluding hydrogens is 207 g/mol. The van der Waals surface area contributed by atoms with Gasteiger partial charge in [-0.3, -0.25) is 9.79 Å². The molecule has 2 aliphatic heterocycles. The van der Waals surface area contributed by atoms with E-state index in [9.17, 15) is 9.18 Å². The second-order valence-electron chi connectivity index (χ2n) is 4.15. The number of benzene rings is 1. The van der Waals surface area contributed by atoms with Crippen molar-refractivity contribution in [3.63, 3.8) is 0 Å². The van der Waals surface area contributed by atoms with E-state index in [0.29, 0.717) is 17.7 Å². The van der Waals surface area contributed by atoms with Crippen LogP contribution >= 0.6 is 0 Å². The molecule has 2 heterocycles. The van der Waals surface area contributed by atoms with Crippen LogP contribution in [-0.4, -0.2) is 35.8 Å². The molecule has 0 N–H and O–H groups in total. The zero-order chi connectivity index (χ0) is 11.1. The summed E-state index contributed by atoms with van der Waals surface area (Å²) in [4.78, 5) is 18.0. The first-order valence-electron chi connectivity index (χ1n) is 5.34. The van der Waals surface area contributed by atoms with Gasteiger partial charge >= 0.3 is 0 Å². The monoisotopic (exact) mass is 218 g/mol. The third-order valence-electron chi connectivity index (χ3n) is 3.07. The highest BCUT2D eigenvalue weighted by Gasteiger charge is 2.36. The third kappa shape index (κ3) is 1.33. The van der Waals surface area contributed by atoms with Gasteiger partial charge in [-0.15, -0.1) is 0 Å². The van der Waals surface area contributed by atoms with Gasteiger partial charge in [0.25, 0.3) is 5.91 Å². The van der Waals surface area contributed by atoms with E-state index in [-0.39, 0.29) is 18.5 Å². The second kappa shape index (κ2) is 3.40. The Kier molecular flexibility index (Phi) is 2.02. The van der Waals surface area contributed by atoms with Crippen molar-refractivity contribution in [2.45, 2.75) is 18.6 Å². The Morgan fingerprint density at radius 3 is 3.06 bits per heavy atom. The standard InChI is InChI=1S/C12H11FN2O/c13-8-5-9-6-14-11-4-2-1-3-10(11)12(16)15(9)7-8/h1-4,6,8-9H,5,7H2/t8-,9?/m1/s1. The highest BCUT2D eigenvalue weighted by Crippen LogP contribution is 2.29. The molecule has 0 bridgehead atoms. The van der Waals surface area contributed by atoms with Crippen molar-refractivity contribution in [1.82, 2.24) is 4.90 Å². The molecule has 0 saturated carbocycles. The number of amides is 1. The van der Waals surface area contributed by atoms with Gasteiger partial charge in [0, 0.05) is 12.6 Å². The lowest BCUT2D eigenvalue weighted by Crippen LogP contribution is -2.35. The van der Waals surface area contributed by atoms with Crippen LogP contribution in [0.5, 0.6) is 0 Å². The third-order valence-corrected chi connectivity index (χ3v) is 3.07. The van der Waals surface area contributed by atoms with Crippen molar-refractivity contribution in [2.24, 2.45) is 4.99 Å². The molecule has 1 aromatic carbocycles. The van der Waals surface area contributed by atoms with E-state index in [1.165, 1.54) is 0 Å². The molecule has 3 nitrogen and oxygen atoms in total. The first kappa shape index (κ1) is 9.51. The van der Waals surface area contributed by atoms with Gasteiger partial charge in [0.1, 0.15) is 6.17 Å². The zero-order valence-corrected chi connectivity index (χ0v) is 8.64. The number of para-hydroxylation sites is 1. The minimum absolute atomic E-state index is 0.113. The molecule has 0 radical (unpaired) electrons. The predicted octanol–water partition coefficient (Wildman–Crippen LogP) is 1.96. The van der Waals surface area contributed by atoms with Crippen LogP contribution in [0.4, 0.5) is 10.1 Å². The summed E-state index contributed by atoms with van der Waals surface area (Å²) in [6, 6.07) is 7.00. The summed E-state index contributed by atoms with van der Waals surface area (Å²) in [6.07, 6.45) is 1.12. The number of aliphatic imine (C=N–C) groups is 1. The van der Waals surface area contributed by atoms with Gasteiger partial charge in [-0.1, -0.05) is 12.1 Å². The Hall–Kier alpha value is -1.71. The molecule has 16 heavy (non-hydrogen) atoms. The number of carbonyl (C=O) groups excluding carboxylic acids is 1. The number of rotatable bonds is 0. The van der Waals surface area contributed by atoms with Gasteiger partial charge in [-0.25, -0.2) is 4.39 Å². The fourth-order valence-corrected chi connectivity index (χ4v) is 2.28. The van der Waals surface area contributed by atoms with Crippen LogP contribution in [0.3, 0.4) is 0 Å². The van der Waals surface area contributed by atoms with Crippen molar-refractivity contribution < 1.29 is 9.18 Å².